The van der Waals surface area contributed by atoms with Crippen LogP contribution in [0.4, 0.5) is 4.79 Å². The first-order valence-electron chi connectivity index (χ1n) is 7.56. The molecule has 0 bridgehead atoms. The van der Waals surface area contributed by atoms with Gasteiger partial charge in [0.15, 0.2) is 16.4 Å². The van der Waals surface area contributed by atoms with Crippen LogP contribution >= 0.6 is 0 Å². The van der Waals surface area contributed by atoms with E-state index in [1.807, 2.05) is 19.2 Å². The highest BCUT2D eigenvalue weighted by Gasteiger charge is 2.17. The number of amides is 3. The summed E-state index contributed by atoms with van der Waals surface area (Å²) in [6.45, 7) is 5.16. The van der Waals surface area contributed by atoms with Crippen molar-refractivity contribution < 1.29 is 27.5 Å². The van der Waals surface area contributed by atoms with Crippen molar-refractivity contribution in [2.45, 2.75) is 25.7 Å². The molecule has 2 N–H and O–H groups in total. The summed E-state index contributed by atoms with van der Waals surface area (Å²) in [5.74, 6) is -1.41. The fraction of sp³-hybridized carbons (Fsp3) is 0.438. The average molecular weight is 370 g/mol. The molecule has 25 heavy (non-hydrogen) atoms. The Hall–Kier alpha value is -2.42. The summed E-state index contributed by atoms with van der Waals surface area (Å²) in [4.78, 5) is 35.1. The molecule has 138 valence electrons. The van der Waals surface area contributed by atoms with Crippen molar-refractivity contribution in [3.8, 4) is 0 Å². The van der Waals surface area contributed by atoms with Gasteiger partial charge in [-0.1, -0.05) is 19.9 Å². The van der Waals surface area contributed by atoms with Crippen molar-refractivity contribution in [3.63, 3.8) is 0 Å². The van der Waals surface area contributed by atoms with Gasteiger partial charge in [-0.05, 0) is 30.5 Å². The lowest BCUT2D eigenvalue weighted by Gasteiger charge is -2.10. The molecule has 0 aliphatic carbocycles. The number of hydrogen-bond acceptors (Lipinski definition) is 6. The van der Waals surface area contributed by atoms with Crippen LogP contribution in [0.25, 0.3) is 0 Å². The first kappa shape index (κ1) is 20.6. The van der Waals surface area contributed by atoms with E-state index in [1.54, 1.807) is 6.92 Å². The van der Waals surface area contributed by atoms with Crippen LogP contribution in [0.1, 0.15) is 29.8 Å². The molecule has 3 amide bonds. The van der Waals surface area contributed by atoms with Gasteiger partial charge >= 0.3 is 12.0 Å². The second kappa shape index (κ2) is 8.61. The van der Waals surface area contributed by atoms with Gasteiger partial charge in [-0.3, -0.25) is 10.1 Å². The van der Waals surface area contributed by atoms with Crippen LogP contribution < -0.4 is 10.6 Å². The maximum atomic E-state index is 12.1. The van der Waals surface area contributed by atoms with Crippen LogP contribution in [0.3, 0.4) is 0 Å². The lowest BCUT2D eigenvalue weighted by molar-refractivity contribution is -0.123. The highest BCUT2D eigenvalue weighted by atomic mass is 32.2. The number of esters is 1. The minimum absolute atomic E-state index is 0.0254. The van der Waals surface area contributed by atoms with Gasteiger partial charge in [-0.2, -0.15) is 0 Å². The largest absolute Gasteiger partial charge is 0.452 e. The van der Waals surface area contributed by atoms with E-state index in [4.69, 9.17) is 4.74 Å². The second-order valence-corrected chi connectivity index (χ2v) is 7.99. The molecule has 1 aromatic rings. The lowest BCUT2D eigenvalue weighted by Crippen LogP contribution is -2.42. The Morgan fingerprint density at radius 2 is 1.84 bits per heavy atom. The van der Waals surface area contributed by atoms with Crippen LogP contribution in [-0.4, -0.2) is 45.7 Å². The van der Waals surface area contributed by atoms with Crippen molar-refractivity contribution in [1.82, 2.24) is 10.6 Å². The number of carbonyl (C=O) groups is 3. The molecule has 0 spiro atoms. The summed E-state index contributed by atoms with van der Waals surface area (Å²) < 4.78 is 27.9. The summed E-state index contributed by atoms with van der Waals surface area (Å²) in [5.41, 5.74) is 0.549. The molecule has 0 heterocycles. The Bertz CT molecular complexity index is 771. The van der Waals surface area contributed by atoms with Crippen LogP contribution in [-0.2, 0) is 19.4 Å². The number of benzene rings is 1. The van der Waals surface area contributed by atoms with Gasteiger partial charge in [0, 0.05) is 12.8 Å². The molecule has 0 aliphatic heterocycles. The summed E-state index contributed by atoms with van der Waals surface area (Å²) in [7, 11) is -3.48. The van der Waals surface area contributed by atoms with Crippen molar-refractivity contribution >= 4 is 27.7 Å². The van der Waals surface area contributed by atoms with E-state index < -0.39 is 34.4 Å². The predicted molar refractivity (Wildman–Crippen MR) is 91.0 cm³/mol. The van der Waals surface area contributed by atoms with E-state index in [9.17, 15) is 22.8 Å². The summed E-state index contributed by atoms with van der Waals surface area (Å²) in [6.07, 6.45) is 1.02. The van der Waals surface area contributed by atoms with E-state index in [1.165, 1.54) is 18.2 Å². The molecule has 0 aromatic heterocycles. The lowest BCUT2D eigenvalue weighted by atomic mass is 10.1. The van der Waals surface area contributed by atoms with Crippen LogP contribution in [0.15, 0.2) is 23.1 Å². The smallest absolute Gasteiger partial charge is 0.338 e. The Balaban J connectivity index is 2.65. The molecule has 0 unspecified atom stereocenters. The fourth-order valence-corrected chi connectivity index (χ4v) is 2.41. The first-order valence-corrected chi connectivity index (χ1v) is 9.45. The van der Waals surface area contributed by atoms with Gasteiger partial charge in [-0.25, -0.2) is 18.0 Å². The summed E-state index contributed by atoms with van der Waals surface area (Å²) in [5, 5.41) is 4.52. The molecule has 0 saturated carbocycles. The zero-order valence-electron chi connectivity index (χ0n) is 14.6. The maximum absolute atomic E-state index is 12.1. The average Bonchev–Trinajstić information content (AvgIpc) is 2.50. The summed E-state index contributed by atoms with van der Waals surface area (Å²) in [6, 6.07) is 3.38. The Labute approximate surface area is 146 Å². The molecule has 0 fully saturated rings. The minimum Gasteiger partial charge on any atom is -0.452 e. The highest BCUT2D eigenvalue weighted by Crippen LogP contribution is 2.16. The van der Waals surface area contributed by atoms with Gasteiger partial charge < -0.3 is 10.1 Å². The zero-order valence-corrected chi connectivity index (χ0v) is 15.4. The van der Waals surface area contributed by atoms with Gasteiger partial charge in [0.25, 0.3) is 5.91 Å². The third-order valence-electron chi connectivity index (χ3n) is 3.12. The second-order valence-electron chi connectivity index (χ2n) is 5.98. The SMILES string of the molecule is Cc1ccc(S(C)(=O)=O)cc1C(=O)OCC(=O)NC(=O)NCC(C)C. The van der Waals surface area contributed by atoms with Gasteiger partial charge in [0.05, 0.1) is 10.5 Å². The monoisotopic (exact) mass is 370 g/mol. The fourth-order valence-electron chi connectivity index (χ4n) is 1.76. The Kier molecular flexibility index (Phi) is 7.10. The normalized spacial score (nSPS) is 11.1. The molecule has 1 rings (SSSR count). The number of nitrogens with one attached hydrogen (secondary N) is 2. The van der Waals surface area contributed by atoms with E-state index in [0.29, 0.717) is 12.1 Å². The van der Waals surface area contributed by atoms with Crippen molar-refractivity contribution in [2.24, 2.45) is 5.92 Å². The quantitative estimate of drug-likeness (QED) is 0.722. The molecule has 9 heteroatoms. The molecular weight excluding hydrogens is 348 g/mol. The van der Waals surface area contributed by atoms with Crippen LogP contribution in [0.5, 0.6) is 0 Å². The number of rotatable bonds is 6. The van der Waals surface area contributed by atoms with Crippen molar-refractivity contribution in [2.75, 3.05) is 19.4 Å². The van der Waals surface area contributed by atoms with Gasteiger partial charge in [-0.15, -0.1) is 0 Å². The molecule has 0 aliphatic rings. The standard InChI is InChI=1S/C16H22N2O6S/c1-10(2)8-17-16(21)18-14(19)9-24-15(20)13-7-12(25(4,22)23)6-5-11(13)3/h5-7,10H,8-9H2,1-4H3,(H2,17,18,19,21). The van der Waals surface area contributed by atoms with Gasteiger partial charge in [0.1, 0.15) is 0 Å². The predicted octanol–water partition coefficient (Wildman–Crippen LogP) is 1.04. The zero-order chi connectivity index (χ0) is 19.2. The number of carbonyl (C=O) groups excluding carboxylic acids is 3. The number of urea groups is 1. The Morgan fingerprint density at radius 1 is 1.20 bits per heavy atom. The molecule has 0 saturated heterocycles. The first-order chi connectivity index (χ1) is 11.5. The third-order valence-corrected chi connectivity index (χ3v) is 4.23. The number of aryl methyl sites for hydroxylation is 1. The van der Waals surface area contributed by atoms with E-state index in [-0.39, 0.29) is 16.4 Å². The summed E-state index contributed by atoms with van der Waals surface area (Å²) >= 11 is 0. The van der Waals surface area contributed by atoms with Crippen LogP contribution in [0, 0.1) is 12.8 Å². The number of ether oxygens (including phenoxy) is 1. The minimum atomic E-state index is -3.48. The molecule has 0 radical (unpaired) electrons. The molecule has 0 atom stereocenters. The number of imide groups is 1. The van der Waals surface area contributed by atoms with Crippen molar-refractivity contribution in [1.29, 1.82) is 0 Å². The number of hydrogen-bond donors (Lipinski definition) is 2. The van der Waals surface area contributed by atoms with Crippen molar-refractivity contribution in [3.05, 3.63) is 29.3 Å². The Morgan fingerprint density at radius 3 is 2.40 bits per heavy atom. The van der Waals surface area contributed by atoms with Crippen LogP contribution in [0.2, 0.25) is 0 Å². The van der Waals surface area contributed by atoms with Gasteiger partial charge in [0.2, 0.25) is 0 Å². The number of sulfone groups is 1. The molecule has 8 nitrogen and oxygen atoms in total. The highest BCUT2D eigenvalue weighted by molar-refractivity contribution is 7.90. The third kappa shape index (κ3) is 6.92. The van der Waals surface area contributed by atoms with E-state index in [2.05, 4.69) is 5.32 Å². The van der Waals surface area contributed by atoms with E-state index >= 15 is 0 Å². The maximum Gasteiger partial charge on any atom is 0.338 e. The topological polar surface area (TPSA) is 119 Å². The molecular formula is C16H22N2O6S. The molecule has 1 aromatic carbocycles. The van der Waals surface area contributed by atoms with E-state index in [0.717, 1.165) is 6.26 Å².